The van der Waals surface area contributed by atoms with Gasteiger partial charge >= 0.3 is 0 Å². The molecule has 0 unspecified atom stereocenters. The highest BCUT2D eigenvalue weighted by Gasteiger charge is 2.06. The number of hydrogen-bond donors (Lipinski definition) is 1. The summed E-state index contributed by atoms with van der Waals surface area (Å²) in [5.74, 6) is 1.29. The Bertz CT molecular complexity index is 684. The van der Waals surface area contributed by atoms with Gasteiger partial charge in [0.25, 0.3) is 0 Å². The van der Waals surface area contributed by atoms with Crippen molar-refractivity contribution in [2.24, 2.45) is 0 Å². The van der Waals surface area contributed by atoms with Crippen LogP contribution in [0.4, 0.5) is 5.69 Å². The van der Waals surface area contributed by atoms with Gasteiger partial charge in [-0.15, -0.1) is 0 Å². The van der Waals surface area contributed by atoms with E-state index in [2.05, 4.69) is 63.2 Å². The molecule has 5 heteroatoms. The summed E-state index contributed by atoms with van der Waals surface area (Å²) in [6.45, 7) is 4.83. The summed E-state index contributed by atoms with van der Waals surface area (Å²) in [6.07, 6.45) is 1.10. The Morgan fingerprint density at radius 3 is 2.46 bits per heavy atom. The lowest BCUT2D eigenvalue weighted by Gasteiger charge is -2.11. The molecule has 0 aliphatic rings. The van der Waals surface area contributed by atoms with Crippen molar-refractivity contribution in [3.63, 3.8) is 0 Å². The van der Waals surface area contributed by atoms with E-state index in [1.165, 1.54) is 5.56 Å². The first-order valence-electron chi connectivity index (χ1n) is 7.93. The number of anilines is 1. The van der Waals surface area contributed by atoms with E-state index in [9.17, 15) is 4.79 Å². The molecule has 1 amide bonds. The van der Waals surface area contributed by atoms with Gasteiger partial charge in [0.05, 0.1) is 11.1 Å². The highest BCUT2D eigenvalue weighted by molar-refractivity contribution is 9.10. The van der Waals surface area contributed by atoms with Crippen molar-refractivity contribution in [1.29, 1.82) is 0 Å². The lowest BCUT2D eigenvalue weighted by Crippen LogP contribution is -2.12. The molecule has 2 aromatic carbocycles. The number of rotatable bonds is 7. The molecule has 3 nitrogen and oxygen atoms in total. The molecule has 0 saturated heterocycles. The molecular weight excluding hydrogens is 434 g/mol. The third kappa shape index (κ3) is 5.95. The number of carbonyl (C=O) groups excluding carboxylic acids is 1. The van der Waals surface area contributed by atoms with Gasteiger partial charge in [-0.2, -0.15) is 0 Å². The van der Waals surface area contributed by atoms with Crippen LogP contribution in [0.25, 0.3) is 0 Å². The van der Waals surface area contributed by atoms with Crippen LogP contribution in [0.3, 0.4) is 0 Å². The highest BCUT2D eigenvalue weighted by Crippen LogP contribution is 2.29. The summed E-state index contributed by atoms with van der Waals surface area (Å²) in [5, 5.41) is 2.87. The van der Waals surface area contributed by atoms with Crippen molar-refractivity contribution >= 4 is 43.5 Å². The standard InChI is InChI=1S/C19H21Br2NO2/c1-13(2)14-5-10-18(17(21)12-14)24-11-3-4-19(23)22-16-8-6-15(20)7-9-16/h5-10,12-13H,3-4,11H2,1-2H3,(H,22,23). The van der Waals surface area contributed by atoms with E-state index < -0.39 is 0 Å². The van der Waals surface area contributed by atoms with Gasteiger partial charge in [-0.05, 0) is 70.2 Å². The largest absolute Gasteiger partial charge is 0.492 e. The zero-order valence-electron chi connectivity index (χ0n) is 13.8. The van der Waals surface area contributed by atoms with Crippen LogP contribution in [0.15, 0.2) is 51.4 Å². The summed E-state index contributed by atoms with van der Waals surface area (Å²) in [6, 6.07) is 13.7. The van der Waals surface area contributed by atoms with Gasteiger partial charge in [-0.3, -0.25) is 4.79 Å². The number of benzene rings is 2. The van der Waals surface area contributed by atoms with Gasteiger partial charge in [-0.1, -0.05) is 35.8 Å². The van der Waals surface area contributed by atoms with Crippen LogP contribution in [0.2, 0.25) is 0 Å². The number of ether oxygens (including phenoxy) is 1. The average molecular weight is 455 g/mol. The minimum Gasteiger partial charge on any atom is -0.492 e. The normalized spacial score (nSPS) is 10.7. The summed E-state index contributed by atoms with van der Waals surface area (Å²) in [4.78, 5) is 11.9. The maximum Gasteiger partial charge on any atom is 0.224 e. The molecule has 0 fully saturated rings. The van der Waals surface area contributed by atoms with Gasteiger partial charge in [0.2, 0.25) is 5.91 Å². The molecule has 2 aromatic rings. The van der Waals surface area contributed by atoms with Crippen molar-refractivity contribution in [3.05, 3.63) is 57.0 Å². The van der Waals surface area contributed by atoms with Crippen molar-refractivity contribution < 1.29 is 9.53 Å². The second kappa shape index (κ2) is 9.23. The second-order valence-corrected chi connectivity index (χ2v) is 7.62. The Morgan fingerprint density at radius 1 is 1.12 bits per heavy atom. The zero-order chi connectivity index (χ0) is 17.5. The summed E-state index contributed by atoms with van der Waals surface area (Å²) >= 11 is 6.91. The van der Waals surface area contributed by atoms with Crippen molar-refractivity contribution in [2.45, 2.75) is 32.6 Å². The van der Waals surface area contributed by atoms with Crippen LogP contribution >= 0.6 is 31.9 Å². The molecule has 2 rings (SSSR count). The Labute approximate surface area is 160 Å². The van der Waals surface area contributed by atoms with E-state index in [4.69, 9.17) is 4.74 Å². The van der Waals surface area contributed by atoms with Crippen LogP contribution in [-0.4, -0.2) is 12.5 Å². The van der Waals surface area contributed by atoms with E-state index in [0.29, 0.717) is 25.4 Å². The number of nitrogens with one attached hydrogen (secondary N) is 1. The molecule has 0 atom stereocenters. The fourth-order valence-electron chi connectivity index (χ4n) is 2.16. The quantitative estimate of drug-likeness (QED) is 0.510. The number of halogens is 2. The van der Waals surface area contributed by atoms with E-state index in [1.807, 2.05) is 30.3 Å². The van der Waals surface area contributed by atoms with E-state index >= 15 is 0 Å². The predicted molar refractivity (Wildman–Crippen MR) is 106 cm³/mol. The maximum absolute atomic E-state index is 11.9. The fraction of sp³-hybridized carbons (Fsp3) is 0.316. The van der Waals surface area contributed by atoms with Gasteiger partial charge < -0.3 is 10.1 Å². The number of carbonyl (C=O) groups is 1. The molecular formula is C19H21Br2NO2. The molecule has 0 spiro atoms. The third-order valence-corrected chi connectivity index (χ3v) is 4.70. The minimum absolute atomic E-state index is 0.00450. The average Bonchev–Trinajstić information content (AvgIpc) is 2.54. The topological polar surface area (TPSA) is 38.3 Å². The van der Waals surface area contributed by atoms with Crippen LogP contribution in [0, 0.1) is 0 Å². The maximum atomic E-state index is 11.9. The third-order valence-electron chi connectivity index (χ3n) is 3.56. The van der Waals surface area contributed by atoms with Crippen LogP contribution in [0.1, 0.15) is 38.2 Å². The van der Waals surface area contributed by atoms with Crippen LogP contribution in [-0.2, 0) is 4.79 Å². The molecule has 128 valence electrons. The van der Waals surface area contributed by atoms with Gasteiger partial charge in [0.15, 0.2) is 0 Å². The minimum atomic E-state index is -0.00450. The van der Waals surface area contributed by atoms with Crippen LogP contribution in [0.5, 0.6) is 5.75 Å². The van der Waals surface area contributed by atoms with E-state index in [0.717, 1.165) is 20.4 Å². The predicted octanol–water partition coefficient (Wildman–Crippen LogP) is 6.13. The molecule has 0 saturated carbocycles. The molecule has 1 N–H and O–H groups in total. The van der Waals surface area contributed by atoms with Gasteiger partial charge in [0, 0.05) is 16.6 Å². The lowest BCUT2D eigenvalue weighted by molar-refractivity contribution is -0.116. The Morgan fingerprint density at radius 2 is 1.83 bits per heavy atom. The summed E-state index contributed by atoms with van der Waals surface area (Å²) in [5.41, 5.74) is 2.07. The number of amides is 1. The van der Waals surface area contributed by atoms with E-state index in [-0.39, 0.29) is 5.91 Å². The SMILES string of the molecule is CC(C)c1ccc(OCCCC(=O)Nc2ccc(Br)cc2)c(Br)c1. The number of hydrogen-bond acceptors (Lipinski definition) is 2. The Balaban J connectivity index is 1.74. The smallest absolute Gasteiger partial charge is 0.224 e. The molecule has 0 heterocycles. The van der Waals surface area contributed by atoms with Crippen molar-refractivity contribution in [2.75, 3.05) is 11.9 Å². The molecule has 0 aromatic heterocycles. The first kappa shape index (κ1) is 19.0. The van der Waals surface area contributed by atoms with Crippen LogP contribution < -0.4 is 10.1 Å². The summed E-state index contributed by atoms with van der Waals surface area (Å²) in [7, 11) is 0. The van der Waals surface area contributed by atoms with Crippen molar-refractivity contribution in [1.82, 2.24) is 0 Å². The Kier molecular flexibility index (Phi) is 7.31. The lowest BCUT2D eigenvalue weighted by atomic mass is 10.0. The monoisotopic (exact) mass is 453 g/mol. The second-order valence-electron chi connectivity index (χ2n) is 5.85. The van der Waals surface area contributed by atoms with Gasteiger partial charge in [0.1, 0.15) is 5.75 Å². The highest BCUT2D eigenvalue weighted by atomic mass is 79.9. The fourth-order valence-corrected chi connectivity index (χ4v) is 2.94. The molecule has 24 heavy (non-hydrogen) atoms. The summed E-state index contributed by atoms with van der Waals surface area (Å²) < 4.78 is 7.70. The first-order valence-corrected chi connectivity index (χ1v) is 9.52. The zero-order valence-corrected chi connectivity index (χ0v) is 17.0. The Hall–Kier alpha value is -1.33. The van der Waals surface area contributed by atoms with Crippen molar-refractivity contribution in [3.8, 4) is 5.75 Å². The van der Waals surface area contributed by atoms with E-state index in [1.54, 1.807) is 0 Å². The van der Waals surface area contributed by atoms with Gasteiger partial charge in [-0.25, -0.2) is 0 Å². The molecule has 0 bridgehead atoms. The molecule has 0 radical (unpaired) electrons. The molecule has 0 aliphatic heterocycles. The first-order chi connectivity index (χ1) is 11.5. The molecule has 0 aliphatic carbocycles.